The van der Waals surface area contributed by atoms with E-state index in [4.69, 9.17) is 39.1 Å². The zero-order chi connectivity index (χ0) is 29.4. The monoisotopic (exact) mass is 588 g/mol. The molecule has 0 saturated carbocycles. The number of nitrogens with one attached hydrogen (secondary N) is 1. The molecule has 2 aromatic heterocycles. The van der Waals surface area contributed by atoms with E-state index in [0.29, 0.717) is 73.2 Å². The Labute approximate surface area is 244 Å². The fourth-order valence-electron chi connectivity index (χ4n) is 4.51. The van der Waals surface area contributed by atoms with Crippen LogP contribution in [0.15, 0.2) is 23.1 Å². The molecule has 214 valence electrons. The third-order valence-electron chi connectivity index (χ3n) is 6.53. The molecule has 1 aliphatic rings. The standard InChI is InChI=1S/C26H28Cl2N6O4.C2H6/c1-5-20(35)33-11-9-32(10-12-33)7-6-8-34-24-16(15-30-26(29-2)31-24)13-17(25(34)36)21-22(27)18(37-3)14-19(38-4)23(21)28;1-2/h1,13-15H,6-12H2,2-4H3,(H,29,30,31);1-2H3. The summed E-state index contributed by atoms with van der Waals surface area (Å²) < 4.78 is 12.4. The van der Waals surface area contributed by atoms with Crippen LogP contribution in [0.5, 0.6) is 11.5 Å². The second-order valence-corrected chi connectivity index (χ2v) is 9.41. The lowest BCUT2D eigenvalue weighted by Gasteiger charge is -2.33. The average molecular weight is 590 g/mol. The number of hydrogen-bond acceptors (Lipinski definition) is 8. The first-order chi connectivity index (χ1) is 19.3. The van der Waals surface area contributed by atoms with Crippen molar-refractivity contribution in [2.24, 2.45) is 0 Å². The van der Waals surface area contributed by atoms with Gasteiger partial charge in [-0.1, -0.05) is 37.0 Å². The van der Waals surface area contributed by atoms with E-state index in [1.165, 1.54) is 14.2 Å². The molecule has 4 rings (SSSR count). The lowest BCUT2D eigenvalue weighted by atomic mass is 10.0. The van der Waals surface area contributed by atoms with E-state index in [1.54, 1.807) is 34.8 Å². The van der Waals surface area contributed by atoms with E-state index in [9.17, 15) is 9.59 Å². The summed E-state index contributed by atoms with van der Waals surface area (Å²) in [6.45, 7) is 7.70. The maximum Gasteiger partial charge on any atom is 0.298 e. The summed E-state index contributed by atoms with van der Waals surface area (Å²) in [5.74, 6) is 2.94. The number of amides is 1. The quantitative estimate of drug-likeness (QED) is 0.394. The smallest absolute Gasteiger partial charge is 0.298 e. The van der Waals surface area contributed by atoms with Gasteiger partial charge in [-0.2, -0.15) is 4.98 Å². The number of carbonyl (C=O) groups excluding carboxylic acids is 1. The van der Waals surface area contributed by atoms with Gasteiger partial charge in [-0.25, -0.2) is 4.98 Å². The van der Waals surface area contributed by atoms with Crippen molar-refractivity contribution >= 4 is 46.1 Å². The average Bonchev–Trinajstić information content (AvgIpc) is 2.99. The molecule has 0 unspecified atom stereocenters. The van der Waals surface area contributed by atoms with Crippen LogP contribution in [0, 0.1) is 12.3 Å². The van der Waals surface area contributed by atoms with Crippen molar-refractivity contribution < 1.29 is 14.3 Å². The molecule has 1 N–H and O–H groups in total. The van der Waals surface area contributed by atoms with Crippen LogP contribution in [0.4, 0.5) is 5.95 Å². The number of fused-ring (bicyclic) bond motifs is 1. The Morgan fingerprint density at radius 2 is 1.70 bits per heavy atom. The molecule has 0 aliphatic carbocycles. The van der Waals surface area contributed by atoms with Crippen LogP contribution in [0.25, 0.3) is 22.2 Å². The molecule has 1 fully saturated rings. The number of nitrogens with zero attached hydrogens (tertiary/aromatic N) is 5. The summed E-state index contributed by atoms with van der Waals surface area (Å²) in [6, 6.07) is 3.26. The Morgan fingerprint density at radius 1 is 1.07 bits per heavy atom. The SMILES string of the molecule is C#CC(=O)N1CCN(CCCn2c(=O)c(-c3c(Cl)c(OC)cc(OC)c3Cl)cc3cnc(NC)nc32)CC1.CC. The van der Waals surface area contributed by atoms with Gasteiger partial charge < -0.3 is 19.7 Å². The van der Waals surface area contributed by atoms with Crippen LogP contribution in [0.2, 0.25) is 10.0 Å². The highest BCUT2D eigenvalue weighted by atomic mass is 35.5. The lowest BCUT2D eigenvalue weighted by Crippen LogP contribution is -2.48. The van der Waals surface area contributed by atoms with Crippen LogP contribution in [0.3, 0.4) is 0 Å². The first kappa shape index (κ1) is 31.0. The number of hydrogen-bond donors (Lipinski definition) is 1. The molecular weight excluding hydrogens is 555 g/mol. The van der Waals surface area contributed by atoms with Crippen molar-refractivity contribution in [2.45, 2.75) is 26.8 Å². The van der Waals surface area contributed by atoms with Gasteiger partial charge >= 0.3 is 0 Å². The summed E-state index contributed by atoms with van der Waals surface area (Å²) in [5, 5.41) is 3.97. The van der Waals surface area contributed by atoms with Crippen LogP contribution >= 0.6 is 23.2 Å². The largest absolute Gasteiger partial charge is 0.495 e. The summed E-state index contributed by atoms with van der Waals surface area (Å²) in [7, 11) is 4.67. The van der Waals surface area contributed by atoms with Gasteiger partial charge in [0.25, 0.3) is 11.5 Å². The van der Waals surface area contributed by atoms with E-state index in [0.717, 1.165) is 6.54 Å². The number of benzene rings is 1. The van der Waals surface area contributed by atoms with Crippen LogP contribution in [-0.4, -0.2) is 84.2 Å². The normalized spacial score (nSPS) is 13.3. The number of terminal acetylenes is 1. The highest BCUT2D eigenvalue weighted by Crippen LogP contribution is 2.45. The zero-order valence-electron chi connectivity index (χ0n) is 23.4. The van der Waals surface area contributed by atoms with Crippen molar-refractivity contribution in [1.82, 2.24) is 24.3 Å². The molecule has 10 nitrogen and oxygen atoms in total. The maximum absolute atomic E-state index is 13.9. The molecule has 0 spiro atoms. The first-order valence-corrected chi connectivity index (χ1v) is 13.7. The third kappa shape index (κ3) is 6.44. The van der Waals surface area contributed by atoms with Crippen LogP contribution in [0.1, 0.15) is 20.3 Å². The van der Waals surface area contributed by atoms with Crippen molar-refractivity contribution in [3.8, 4) is 35.0 Å². The van der Waals surface area contributed by atoms with Crippen molar-refractivity contribution in [3.05, 3.63) is 38.7 Å². The molecule has 40 heavy (non-hydrogen) atoms. The van der Waals surface area contributed by atoms with E-state index in [-0.39, 0.29) is 27.1 Å². The Kier molecular flexibility index (Phi) is 11.0. The van der Waals surface area contributed by atoms with E-state index < -0.39 is 0 Å². The number of ether oxygens (including phenoxy) is 2. The molecule has 0 atom stereocenters. The number of halogens is 2. The number of anilines is 1. The molecular formula is C28H34Cl2N6O4. The second-order valence-electron chi connectivity index (χ2n) is 8.65. The summed E-state index contributed by atoms with van der Waals surface area (Å²) in [6.07, 6.45) is 7.55. The van der Waals surface area contributed by atoms with Crippen molar-refractivity contribution in [2.75, 3.05) is 59.3 Å². The molecule has 1 saturated heterocycles. The molecule has 1 amide bonds. The fraction of sp³-hybridized carbons (Fsp3) is 0.429. The number of methoxy groups -OCH3 is 2. The van der Waals surface area contributed by atoms with Crippen LogP contribution < -0.4 is 20.3 Å². The summed E-state index contributed by atoms with van der Waals surface area (Å²) in [5.41, 5.74) is 0.788. The molecule has 0 bridgehead atoms. The topological polar surface area (TPSA) is 102 Å². The minimum Gasteiger partial charge on any atom is -0.495 e. The number of carbonyl (C=O) groups is 1. The number of rotatable bonds is 8. The van der Waals surface area contributed by atoms with Gasteiger partial charge in [0.1, 0.15) is 17.1 Å². The number of aromatic nitrogens is 3. The molecule has 1 aliphatic heterocycles. The van der Waals surface area contributed by atoms with Gasteiger partial charge in [-0.3, -0.25) is 19.1 Å². The Hall–Kier alpha value is -3.52. The van der Waals surface area contributed by atoms with Gasteiger partial charge in [0.05, 0.1) is 29.8 Å². The predicted octanol–water partition coefficient (Wildman–Crippen LogP) is 4.02. The van der Waals surface area contributed by atoms with Gasteiger partial charge in [0.2, 0.25) is 5.95 Å². The predicted molar refractivity (Wildman–Crippen MR) is 160 cm³/mol. The zero-order valence-corrected chi connectivity index (χ0v) is 24.9. The van der Waals surface area contributed by atoms with Gasteiger partial charge in [0.15, 0.2) is 0 Å². The van der Waals surface area contributed by atoms with Crippen molar-refractivity contribution in [1.29, 1.82) is 0 Å². The minimum atomic E-state index is -0.304. The van der Waals surface area contributed by atoms with E-state index >= 15 is 0 Å². The molecule has 1 aromatic carbocycles. The molecule has 3 heterocycles. The van der Waals surface area contributed by atoms with E-state index in [2.05, 4.69) is 26.1 Å². The highest BCUT2D eigenvalue weighted by Gasteiger charge is 2.24. The Balaban J connectivity index is 0.00000216. The van der Waals surface area contributed by atoms with Gasteiger partial charge in [-0.15, -0.1) is 6.42 Å². The minimum absolute atomic E-state index is 0.202. The number of pyridine rings is 1. The first-order valence-electron chi connectivity index (χ1n) is 13.0. The molecule has 3 aromatic rings. The number of aryl methyl sites for hydroxylation is 1. The Morgan fingerprint density at radius 3 is 2.25 bits per heavy atom. The Bertz CT molecular complexity index is 1430. The summed E-state index contributed by atoms with van der Waals surface area (Å²) >= 11 is 13.3. The highest BCUT2D eigenvalue weighted by molar-refractivity contribution is 6.41. The van der Waals surface area contributed by atoms with Crippen molar-refractivity contribution in [3.63, 3.8) is 0 Å². The third-order valence-corrected chi connectivity index (χ3v) is 7.28. The molecule has 12 heteroatoms. The van der Waals surface area contributed by atoms with Crippen LogP contribution in [-0.2, 0) is 11.3 Å². The van der Waals surface area contributed by atoms with Gasteiger partial charge in [-0.05, 0) is 25.0 Å². The maximum atomic E-state index is 13.9. The molecule has 0 radical (unpaired) electrons. The number of piperazine rings is 1. The fourth-order valence-corrected chi connectivity index (χ4v) is 5.21. The lowest BCUT2D eigenvalue weighted by molar-refractivity contribution is -0.126. The van der Waals surface area contributed by atoms with Gasteiger partial charge in [0, 0.05) is 63.0 Å². The van der Waals surface area contributed by atoms with E-state index in [1.807, 2.05) is 13.8 Å². The summed E-state index contributed by atoms with van der Waals surface area (Å²) in [4.78, 5) is 38.5. The second kappa shape index (κ2) is 14.2.